The number of ketones is 1. The molecule has 2 aromatic carbocycles. The van der Waals surface area contributed by atoms with Gasteiger partial charge in [0.1, 0.15) is 5.02 Å². The van der Waals surface area contributed by atoms with Crippen molar-refractivity contribution in [1.29, 1.82) is 0 Å². The molecule has 0 aliphatic rings. The molecule has 0 aliphatic carbocycles. The molecule has 0 N–H and O–H groups in total. The lowest BCUT2D eigenvalue weighted by atomic mass is 10.0. The highest BCUT2D eigenvalue weighted by Gasteiger charge is 2.34. The Bertz CT molecular complexity index is 670. The van der Waals surface area contributed by atoms with Crippen LogP contribution in [0.3, 0.4) is 0 Å². The molecule has 0 spiro atoms. The van der Waals surface area contributed by atoms with Gasteiger partial charge < -0.3 is 4.74 Å². The van der Waals surface area contributed by atoms with Gasteiger partial charge >= 0.3 is 6.36 Å². The lowest BCUT2D eigenvalue weighted by Crippen LogP contribution is -2.19. The molecule has 0 bridgehead atoms. The van der Waals surface area contributed by atoms with Gasteiger partial charge in [-0.05, 0) is 12.1 Å². The number of hydrogen-bond donors (Lipinski definition) is 0. The molecule has 0 aromatic heterocycles. The SMILES string of the molecule is O=C(c1ccccc1)c1ccc(Cl)c(Cl)c1OC(F)(F)F. The maximum absolute atomic E-state index is 12.5. The van der Waals surface area contributed by atoms with E-state index in [1.807, 2.05) is 0 Å². The van der Waals surface area contributed by atoms with E-state index in [4.69, 9.17) is 23.2 Å². The summed E-state index contributed by atoms with van der Waals surface area (Å²) in [7, 11) is 0. The number of hydrogen-bond acceptors (Lipinski definition) is 2. The summed E-state index contributed by atoms with van der Waals surface area (Å²) in [4.78, 5) is 12.3. The second kappa shape index (κ2) is 5.95. The summed E-state index contributed by atoms with van der Waals surface area (Å²) in [6.45, 7) is 0. The molecule has 110 valence electrons. The number of ether oxygens (including phenoxy) is 1. The normalized spacial score (nSPS) is 11.3. The number of benzene rings is 2. The summed E-state index contributed by atoms with van der Waals surface area (Å²) in [5.41, 5.74) is -0.101. The van der Waals surface area contributed by atoms with Gasteiger partial charge in [-0.3, -0.25) is 4.79 Å². The van der Waals surface area contributed by atoms with E-state index in [1.54, 1.807) is 18.2 Å². The first-order valence-electron chi connectivity index (χ1n) is 5.63. The van der Waals surface area contributed by atoms with Crippen LogP contribution < -0.4 is 4.74 Å². The summed E-state index contributed by atoms with van der Waals surface area (Å²) in [6, 6.07) is 10.2. The highest BCUT2D eigenvalue weighted by Crippen LogP contribution is 2.39. The van der Waals surface area contributed by atoms with Crippen molar-refractivity contribution in [2.75, 3.05) is 0 Å². The Morgan fingerprint density at radius 2 is 1.62 bits per heavy atom. The molecule has 7 heteroatoms. The fourth-order valence-electron chi connectivity index (χ4n) is 1.67. The van der Waals surface area contributed by atoms with Gasteiger partial charge in [-0.15, -0.1) is 13.2 Å². The minimum atomic E-state index is -4.99. The second-order valence-corrected chi connectivity index (χ2v) is 4.77. The zero-order chi connectivity index (χ0) is 15.6. The van der Waals surface area contributed by atoms with Crippen molar-refractivity contribution in [3.63, 3.8) is 0 Å². The number of rotatable bonds is 3. The number of carbonyl (C=O) groups excluding carboxylic acids is 1. The molecular weight excluding hydrogens is 328 g/mol. The molecule has 0 radical (unpaired) electrons. The molecule has 0 saturated heterocycles. The van der Waals surface area contributed by atoms with Crippen LogP contribution in [0.1, 0.15) is 15.9 Å². The Balaban J connectivity index is 2.53. The maximum atomic E-state index is 12.5. The molecule has 2 aromatic rings. The standard InChI is InChI=1S/C14H7Cl2F3O2/c15-10-7-6-9(12(20)8-4-2-1-3-5-8)13(11(10)16)21-14(17,18)19/h1-7H. The smallest absolute Gasteiger partial charge is 0.403 e. The predicted octanol–water partition coefficient (Wildman–Crippen LogP) is 5.12. The van der Waals surface area contributed by atoms with Crippen molar-refractivity contribution in [3.8, 4) is 5.75 Å². The van der Waals surface area contributed by atoms with E-state index < -0.39 is 22.9 Å². The molecule has 0 unspecified atom stereocenters. The molecule has 2 nitrogen and oxygen atoms in total. The third kappa shape index (κ3) is 3.68. The van der Waals surface area contributed by atoms with Gasteiger partial charge in [0, 0.05) is 5.56 Å². The summed E-state index contributed by atoms with van der Waals surface area (Å²) in [5.74, 6) is -1.45. The first-order chi connectivity index (χ1) is 9.79. The lowest BCUT2D eigenvalue weighted by molar-refractivity contribution is -0.274. The second-order valence-electron chi connectivity index (χ2n) is 3.98. The first-order valence-corrected chi connectivity index (χ1v) is 6.38. The zero-order valence-electron chi connectivity index (χ0n) is 10.2. The van der Waals surface area contributed by atoms with Gasteiger partial charge in [-0.25, -0.2) is 0 Å². The molecule has 0 heterocycles. The van der Waals surface area contributed by atoms with Crippen LogP contribution in [0.5, 0.6) is 5.75 Å². The molecule has 0 amide bonds. The van der Waals surface area contributed by atoms with Crippen LogP contribution in [0.25, 0.3) is 0 Å². The van der Waals surface area contributed by atoms with Crippen LogP contribution in [0.2, 0.25) is 10.0 Å². The minimum absolute atomic E-state index is 0.138. The van der Waals surface area contributed by atoms with E-state index in [0.717, 1.165) is 6.07 Å². The molecule has 0 atom stereocenters. The number of alkyl halides is 3. The lowest BCUT2D eigenvalue weighted by Gasteiger charge is -2.15. The van der Waals surface area contributed by atoms with E-state index >= 15 is 0 Å². The quantitative estimate of drug-likeness (QED) is 0.728. The highest BCUT2D eigenvalue weighted by atomic mass is 35.5. The van der Waals surface area contributed by atoms with Gasteiger partial charge in [0.15, 0.2) is 11.5 Å². The Morgan fingerprint density at radius 3 is 2.19 bits per heavy atom. The summed E-state index contributed by atoms with van der Waals surface area (Å²) < 4.78 is 41.2. The average Bonchev–Trinajstić information content (AvgIpc) is 2.43. The average molecular weight is 335 g/mol. The van der Waals surface area contributed by atoms with Crippen molar-refractivity contribution in [3.05, 3.63) is 63.6 Å². The molecule has 21 heavy (non-hydrogen) atoms. The van der Waals surface area contributed by atoms with Crippen molar-refractivity contribution in [2.24, 2.45) is 0 Å². The van der Waals surface area contributed by atoms with Crippen LogP contribution in [-0.4, -0.2) is 12.1 Å². The molecule has 0 saturated carbocycles. The van der Waals surface area contributed by atoms with E-state index in [-0.39, 0.29) is 16.1 Å². The van der Waals surface area contributed by atoms with Crippen molar-refractivity contribution < 1.29 is 22.7 Å². The zero-order valence-corrected chi connectivity index (χ0v) is 11.8. The Morgan fingerprint density at radius 1 is 1.00 bits per heavy atom. The fraction of sp³-hybridized carbons (Fsp3) is 0.0714. The van der Waals surface area contributed by atoms with E-state index in [0.29, 0.717) is 0 Å². The minimum Gasteiger partial charge on any atom is -0.403 e. The van der Waals surface area contributed by atoms with E-state index in [9.17, 15) is 18.0 Å². The monoisotopic (exact) mass is 334 g/mol. The van der Waals surface area contributed by atoms with Crippen LogP contribution in [0.15, 0.2) is 42.5 Å². The highest BCUT2D eigenvalue weighted by molar-refractivity contribution is 6.43. The number of carbonyl (C=O) groups is 1. The summed E-state index contributed by atoms with van der Waals surface area (Å²) in [5, 5.41) is -0.601. The summed E-state index contributed by atoms with van der Waals surface area (Å²) >= 11 is 11.4. The van der Waals surface area contributed by atoms with Gasteiger partial charge in [0.2, 0.25) is 0 Å². The van der Waals surface area contributed by atoms with Gasteiger partial charge in [-0.2, -0.15) is 0 Å². The topological polar surface area (TPSA) is 26.3 Å². The van der Waals surface area contributed by atoms with Crippen LogP contribution in [0, 0.1) is 0 Å². The molecule has 0 aliphatic heterocycles. The molecule has 2 rings (SSSR count). The maximum Gasteiger partial charge on any atom is 0.573 e. The van der Waals surface area contributed by atoms with E-state index in [2.05, 4.69) is 4.74 Å². The third-order valence-electron chi connectivity index (χ3n) is 2.55. The van der Waals surface area contributed by atoms with Crippen LogP contribution in [-0.2, 0) is 0 Å². The Kier molecular flexibility index (Phi) is 4.44. The Hall–Kier alpha value is -1.72. The van der Waals surface area contributed by atoms with Gasteiger partial charge in [0.25, 0.3) is 0 Å². The molecular formula is C14H7Cl2F3O2. The van der Waals surface area contributed by atoms with Gasteiger partial charge in [-0.1, -0.05) is 53.5 Å². The molecule has 0 fully saturated rings. The van der Waals surface area contributed by atoms with Crippen molar-refractivity contribution >= 4 is 29.0 Å². The van der Waals surface area contributed by atoms with Crippen LogP contribution in [0.4, 0.5) is 13.2 Å². The van der Waals surface area contributed by atoms with E-state index in [1.165, 1.54) is 18.2 Å². The largest absolute Gasteiger partial charge is 0.573 e. The van der Waals surface area contributed by atoms with Crippen LogP contribution >= 0.6 is 23.2 Å². The van der Waals surface area contributed by atoms with Gasteiger partial charge in [0.05, 0.1) is 10.6 Å². The fourth-order valence-corrected chi connectivity index (χ4v) is 2.02. The predicted molar refractivity (Wildman–Crippen MR) is 73.0 cm³/mol. The first kappa shape index (κ1) is 15.7. The number of halogens is 5. The summed E-state index contributed by atoms with van der Waals surface area (Å²) in [6.07, 6.45) is -4.99. The Labute approximate surface area is 128 Å². The third-order valence-corrected chi connectivity index (χ3v) is 3.34. The van der Waals surface area contributed by atoms with Crippen molar-refractivity contribution in [2.45, 2.75) is 6.36 Å². The van der Waals surface area contributed by atoms with Crippen molar-refractivity contribution in [1.82, 2.24) is 0 Å².